The van der Waals surface area contributed by atoms with Crippen LogP contribution >= 0.6 is 0 Å². The fourth-order valence-electron chi connectivity index (χ4n) is 1.21. The zero-order valence-electron chi connectivity index (χ0n) is 5.90. The second-order valence-electron chi connectivity index (χ2n) is 2.77. The summed E-state index contributed by atoms with van der Waals surface area (Å²) in [7, 11) is -3.07. The first kappa shape index (κ1) is 8.50. The molecule has 0 spiro atoms. The van der Waals surface area contributed by atoms with Crippen LogP contribution < -0.4 is 0 Å². The Morgan fingerprint density at radius 2 is 2.18 bits per heavy atom. The molecule has 1 heterocycles. The van der Waals surface area contributed by atoms with Crippen LogP contribution in [-0.4, -0.2) is 31.1 Å². The predicted octanol–water partition coefficient (Wildman–Crippen LogP) is -0.694. The molecule has 0 aromatic carbocycles. The zero-order chi connectivity index (χ0) is 8.48. The van der Waals surface area contributed by atoms with E-state index in [1.807, 2.05) is 6.07 Å². The summed E-state index contributed by atoms with van der Waals surface area (Å²) in [6.07, 6.45) is -0.708. The maximum absolute atomic E-state index is 10.9. The highest BCUT2D eigenvalue weighted by Gasteiger charge is 2.35. The van der Waals surface area contributed by atoms with Gasteiger partial charge >= 0.3 is 0 Å². The predicted molar refractivity (Wildman–Crippen MR) is 38.4 cm³/mol. The van der Waals surface area contributed by atoms with Crippen molar-refractivity contribution in [2.45, 2.75) is 12.5 Å². The highest BCUT2D eigenvalue weighted by Crippen LogP contribution is 2.21. The van der Waals surface area contributed by atoms with Crippen LogP contribution in [-0.2, 0) is 9.84 Å². The second kappa shape index (κ2) is 2.80. The van der Waals surface area contributed by atoms with Crippen LogP contribution in [0.15, 0.2) is 0 Å². The lowest BCUT2D eigenvalue weighted by atomic mass is 10.0. The van der Waals surface area contributed by atoms with Gasteiger partial charge in [-0.05, 0) is 0 Å². The van der Waals surface area contributed by atoms with Crippen LogP contribution in [0.25, 0.3) is 0 Å². The molecular weight excluding hydrogens is 166 g/mol. The number of rotatable bonds is 1. The van der Waals surface area contributed by atoms with Gasteiger partial charge in [-0.25, -0.2) is 8.42 Å². The molecule has 5 heteroatoms. The molecule has 2 unspecified atom stereocenters. The van der Waals surface area contributed by atoms with Crippen LogP contribution in [0.1, 0.15) is 6.42 Å². The van der Waals surface area contributed by atoms with Crippen molar-refractivity contribution >= 4 is 9.84 Å². The number of hydrogen-bond acceptors (Lipinski definition) is 4. The van der Waals surface area contributed by atoms with Crippen LogP contribution in [0.5, 0.6) is 0 Å². The van der Waals surface area contributed by atoms with Crippen molar-refractivity contribution in [1.82, 2.24) is 0 Å². The van der Waals surface area contributed by atoms with Crippen molar-refractivity contribution in [3.8, 4) is 6.07 Å². The Hall–Kier alpha value is -0.600. The third-order valence-corrected chi connectivity index (χ3v) is 3.58. The van der Waals surface area contributed by atoms with Crippen LogP contribution in [0.4, 0.5) is 0 Å². The number of hydrogen-bond donors (Lipinski definition) is 1. The van der Waals surface area contributed by atoms with Crippen molar-refractivity contribution in [1.29, 1.82) is 5.26 Å². The molecule has 0 aliphatic carbocycles. The lowest BCUT2D eigenvalue weighted by molar-refractivity contribution is 0.152. The van der Waals surface area contributed by atoms with Crippen molar-refractivity contribution in [2.24, 2.45) is 5.92 Å². The molecule has 1 N–H and O–H groups in total. The Bertz CT molecular complexity index is 277. The minimum absolute atomic E-state index is 0.0400. The lowest BCUT2D eigenvalue weighted by Gasteiger charge is -2.05. The zero-order valence-corrected chi connectivity index (χ0v) is 6.71. The maximum atomic E-state index is 10.9. The quantitative estimate of drug-likeness (QED) is 0.572. The highest BCUT2D eigenvalue weighted by molar-refractivity contribution is 7.91. The third-order valence-electron chi connectivity index (χ3n) is 1.79. The number of aliphatic hydroxyl groups is 1. The van der Waals surface area contributed by atoms with Crippen LogP contribution in [0.2, 0.25) is 0 Å². The largest absolute Gasteiger partial charge is 0.392 e. The smallest absolute Gasteiger partial charge is 0.153 e. The fraction of sp³-hybridized carbons (Fsp3) is 0.833. The summed E-state index contributed by atoms with van der Waals surface area (Å²) in [5.74, 6) is -0.592. The van der Waals surface area contributed by atoms with E-state index in [0.717, 1.165) is 0 Å². The maximum Gasteiger partial charge on any atom is 0.153 e. The van der Waals surface area contributed by atoms with E-state index in [1.165, 1.54) is 0 Å². The van der Waals surface area contributed by atoms with E-state index in [2.05, 4.69) is 0 Å². The van der Waals surface area contributed by atoms with Crippen molar-refractivity contribution in [2.75, 3.05) is 11.5 Å². The van der Waals surface area contributed by atoms with E-state index >= 15 is 0 Å². The Morgan fingerprint density at radius 3 is 2.55 bits per heavy atom. The molecular formula is C6H9NO3S. The van der Waals surface area contributed by atoms with E-state index in [0.29, 0.717) is 0 Å². The number of nitrogens with zero attached hydrogens (tertiary/aromatic N) is 1. The summed E-state index contributed by atoms with van der Waals surface area (Å²) in [5, 5.41) is 17.4. The SMILES string of the molecule is N#CCC1CS(=O)(=O)CC1O. The minimum atomic E-state index is -3.07. The number of nitriles is 1. The van der Waals surface area contributed by atoms with Crippen molar-refractivity contribution < 1.29 is 13.5 Å². The molecule has 1 aliphatic rings. The number of aliphatic hydroxyl groups excluding tert-OH is 1. The molecule has 4 nitrogen and oxygen atoms in total. The molecule has 11 heavy (non-hydrogen) atoms. The molecule has 62 valence electrons. The normalized spacial score (nSPS) is 34.9. The van der Waals surface area contributed by atoms with Gasteiger partial charge in [0.05, 0.1) is 23.7 Å². The molecule has 0 aromatic heterocycles. The lowest BCUT2D eigenvalue weighted by Crippen LogP contribution is -2.16. The molecule has 2 atom stereocenters. The molecule has 0 aromatic rings. The van der Waals surface area contributed by atoms with E-state index in [-0.39, 0.29) is 23.8 Å². The van der Waals surface area contributed by atoms with Crippen molar-refractivity contribution in [3.63, 3.8) is 0 Å². The van der Waals surface area contributed by atoms with E-state index < -0.39 is 15.9 Å². The summed E-state index contributed by atoms with van der Waals surface area (Å²) in [6.45, 7) is 0. The molecule has 1 fully saturated rings. The summed E-state index contributed by atoms with van der Waals surface area (Å²) < 4.78 is 21.7. The Balaban J connectivity index is 2.68. The molecule has 1 rings (SSSR count). The van der Waals surface area contributed by atoms with Gasteiger partial charge < -0.3 is 5.11 Å². The first-order valence-corrected chi connectivity index (χ1v) is 5.13. The van der Waals surface area contributed by atoms with Crippen LogP contribution in [0, 0.1) is 17.2 Å². The first-order valence-electron chi connectivity index (χ1n) is 3.30. The highest BCUT2D eigenvalue weighted by atomic mass is 32.2. The van der Waals surface area contributed by atoms with Gasteiger partial charge in [0.25, 0.3) is 0 Å². The Labute approximate surface area is 65.4 Å². The summed E-state index contributed by atoms with van der Waals surface area (Å²) in [5.41, 5.74) is 0. The topological polar surface area (TPSA) is 78.2 Å². The first-order chi connectivity index (χ1) is 5.05. The molecule has 1 saturated heterocycles. The summed E-state index contributed by atoms with van der Waals surface area (Å²) >= 11 is 0. The average Bonchev–Trinajstić information content (AvgIpc) is 2.07. The van der Waals surface area contributed by atoms with Gasteiger partial charge in [-0.1, -0.05) is 0 Å². The van der Waals surface area contributed by atoms with Gasteiger partial charge in [0, 0.05) is 12.3 Å². The van der Waals surface area contributed by atoms with Gasteiger partial charge in [-0.3, -0.25) is 0 Å². The molecule has 1 aliphatic heterocycles. The summed E-state index contributed by atoms with van der Waals surface area (Å²) in [6, 6.07) is 1.85. The van der Waals surface area contributed by atoms with E-state index in [4.69, 9.17) is 10.4 Å². The molecule has 0 radical (unpaired) electrons. The molecule has 0 amide bonds. The third kappa shape index (κ3) is 1.91. The van der Waals surface area contributed by atoms with Gasteiger partial charge in [-0.15, -0.1) is 0 Å². The molecule has 0 saturated carbocycles. The summed E-state index contributed by atoms with van der Waals surface area (Å²) in [4.78, 5) is 0. The van der Waals surface area contributed by atoms with E-state index in [9.17, 15) is 8.42 Å². The Kier molecular flexibility index (Phi) is 2.16. The van der Waals surface area contributed by atoms with Gasteiger partial charge in [0.2, 0.25) is 0 Å². The average molecular weight is 175 g/mol. The second-order valence-corrected chi connectivity index (χ2v) is 4.92. The Morgan fingerprint density at radius 1 is 1.55 bits per heavy atom. The van der Waals surface area contributed by atoms with Gasteiger partial charge in [-0.2, -0.15) is 5.26 Å². The van der Waals surface area contributed by atoms with Crippen LogP contribution in [0.3, 0.4) is 0 Å². The fourth-order valence-corrected chi connectivity index (χ4v) is 3.13. The van der Waals surface area contributed by atoms with Gasteiger partial charge in [0.1, 0.15) is 0 Å². The number of sulfone groups is 1. The molecule has 0 bridgehead atoms. The standard InChI is InChI=1S/C6H9NO3S/c7-2-1-5-3-11(9,10)4-6(5)8/h5-6,8H,1,3-4H2. The van der Waals surface area contributed by atoms with E-state index in [1.54, 1.807) is 0 Å². The minimum Gasteiger partial charge on any atom is -0.392 e. The monoisotopic (exact) mass is 175 g/mol. The van der Waals surface area contributed by atoms with Crippen molar-refractivity contribution in [3.05, 3.63) is 0 Å². The van der Waals surface area contributed by atoms with Gasteiger partial charge in [0.15, 0.2) is 9.84 Å².